The fourth-order valence-electron chi connectivity index (χ4n) is 0.611. The Morgan fingerprint density at radius 1 is 1.36 bits per heavy atom. The first-order valence-electron chi connectivity index (χ1n) is 2.92. The molecule has 0 aromatic heterocycles. The summed E-state index contributed by atoms with van der Waals surface area (Å²) in [6.07, 6.45) is 0. The highest BCUT2D eigenvalue weighted by Gasteiger charge is 1.91. The lowest BCUT2D eigenvalue weighted by Crippen LogP contribution is -1.87. The zero-order valence-corrected chi connectivity index (χ0v) is 8.63. The number of hydrogen-bond acceptors (Lipinski definition) is 3. The van der Waals surface area contributed by atoms with Crippen LogP contribution in [0.3, 0.4) is 0 Å². The maximum atomic E-state index is 5.64. The average molecular weight is 208 g/mol. The number of halogens is 1. The van der Waals surface area contributed by atoms with E-state index in [0.717, 1.165) is 11.3 Å². The van der Waals surface area contributed by atoms with Crippen LogP contribution < -0.4 is 5.73 Å². The van der Waals surface area contributed by atoms with E-state index < -0.39 is 0 Å². The van der Waals surface area contributed by atoms with Crippen LogP contribution in [0.1, 0.15) is 5.56 Å². The van der Waals surface area contributed by atoms with E-state index in [1.807, 2.05) is 19.1 Å². The summed E-state index contributed by atoms with van der Waals surface area (Å²) in [5.41, 5.74) is 7.36. The van der Waals surface area contributed by atoms with Gasteiger partial charge < -0.3 is 5.73 Å². The van der Waals surface area contributed by atoms with Gasteiger partial charge in [0.1, 0.15) is 0 Å². The highest BCUT2D eigenvalue weighted by atomic mass is 35.5. The lowest BCUT2D eigenvalue weighted by Gasteiger charge is -1.97. The smallest absolute Gasteiger partial charge is 0.0426 e. The molecule has 0 spiro atoms. The zero-order chi connectivity index (χ0) is 8.85. The molecule has 0 aliphatic rings. The van der Waals surface area contributed by atoms with E-state index >= 15 is 0 Å². The van der Waals surface area contributed by atoms with E-state index in [1.54, 1.807) is 6.07 Å². The molecule has 0 radical (unpaired) electrons. The standard InChI is InChI=1S/C7H8ClN.H2S2/c1-5-2-3-6(8)4-7(5)9;1-2/h2-4H,9H2,1H3;1-2H. The summed E-state index contributed by atoms with van der Waals surface area (Å²) in [6, 6.07) is 5.47. The largest absolute Gasteiger partial charge is 0.398 e. The van der Waals surface area contributed by atoms with Gasteiger partial charge in [-0.2, -0.15) is 0 Å². The fourth-order valence-corrected chi connectivity index (χ4v) is 0.792. The zero-order valence-electron chi connectivity index (χ0n) is 6.08. The van der Waals surface area contributed by atoms with Gasteiger partial charge >= 0.3 is 0 Å². The molecular weight excluding hydrogens is 198 g/mol. The maximum absolute atomic E-state index is 5.64. The summed E-state index contributed by atoms with van der Waals surface area (Å²) in [4.78, 5) is 0. The highest BCUT2D eigenvalue weighted by molar-refractivity contribution is 8.59. The van der Waals surface area contributed by atoms with Crippen molar-refractivity contribution >= 4 is 40.6 Å². The van der Waals surface area contributed by atoms with Gasteiger partial charge in [0.2, 0.25) is 0 Å². The number of benzene rings is 1. The molecule has 0 atom stereocenters. The number of nitrogens with two attached hydrogens (primary N) is 1. The molecule has 1 aromatic rings. The van der Waals surface area contributed by atoms with Gasteiger partial charge in [0, 0.05) is 10.7 Å². The van der Waals surface area contributed by atoms with Crippen LogP contribution in [0.5, 0.6) is 0 Å². The van der Waals surface area contributed by atoms with Crippen molar-refractivity contribution in [2.45, 2.75) is 6.92 Å². The number of thiol groups is 2. The Labute approximate surface area is 82.2 Å². The monoisotopic (exact) mass is 207 g/mol. The maximum Gasteiger partial charge on any atom is 0.0426 e. The van der Waals surface area contributed by atoms with Crippen LogP contribution in [0, 0.1) is 6.92 Å². The summed E-state index contributed by atoms with van der Waals surface area (Å²) in [5.74, 6) is 0. The van der Waals surface area contributed by atoms with Crippen LogP contribution in [0.4, 0.5) is 5.69 Å². The molecule has 0 heterocycles. The van der Waals surface area contributed by atoms with E-state index in [-0.39, 0.29) is 0 Å². The Kier molecular flexibility index (Phi) is 5.64. The average Bonchev–Trinajstić information content (AvgIpc) is 2.02. The summed E-state index contributed by atoms with van der Waals surface area (Å²) >= 11 is 12.1. The van der Waals surface area contributed by atoms with Crippen LogP contribution >= 0.6 is 34.9 Å². The van der Waals surface area contributed by atoms with Crippen molar-refractivity contribution in [3.05, 3.63) is 28.8 Å². The quantitative estimate of drug-likeness (QED) is 0.341. The molecule has 0 amide bonds. The third kappa shape index (κ3) is 3.79. The molecule has 0 unspecified atom stereocenters. The van der Waals surface area contributed by atoms with Crippen molar-refractivity contribution in [1.82, 2.24) is 0 Å². The van der Waals surface area contributed by atoms with Gasteiger partial charge in [-0.15, -0.1) is 23.3 Å². The number of aryl methyl sites for hydroxylation is 1. The van der Waals surface area contributed by atoms with Gasteiger partial charge in [0.15, 0.2) is 0 Å². The Hall–Kier alpha value is 0.01000. The summed E-state index contributed by atoms with van der Waals surface area (Å²) in [5, 5.41) is 0.693. The van der Waals surface area contributed by atoms with Crippen LogP contribution in [-0.2, 0) is 0 Å². The molecule has 11 heavy (non-hydrogen) atoms. The number of nitrogen functional groups attached to an aromatic ring is 1. The van der Waals surface area contributed by atoms with Gasteiger partial charge in [-0.3, -0.25) is 0 Å². The van der Waals surface area contributed by atoms with Crippen molar-refractivity contribution in [2.24, 2.45) is 0 Å². The van der Waals surface area contributed by atoms with E-state index in [4.69, 9.17) is 17.3 Å². The van der Waals surface area contributed by atoms with Crippen LogP contribution in [0.25, 0.3) is 0 Å². The molecule has 0 fully saturated rings. The second-order valence-corrected chi connectivity index (χ2v) is 2.44. The third-order valence-electron chi connectivity index (χ3n) is 1.24. The number of anilines is 1. The molecule has 0 aliphatic heterocycles. The van der Waals surface area contributed by atoms with Crippen LogP contribution in [-0.4, -0.2) is 0 Å². The molecular formula is C7H10ClNS2. The van der Waals surface area contributed by atoms with Crippen molar-refractivity contribution in [3.8, 4) is 0 Å². The Morgan fingerprint density at radius 3 is 2.27 bits per heavy atom. The number of hydrogen-bond donors (Lipinski definition) is 3. The SMILES string of the molecule is Cc1ccc(Cl)cc1N.SS. The molecule has 1 rings (SSSR count). The first-order chi connectivity index (χ1) is 5.20. The summed E-state index contributed by atoms with van der Waals surface area (Å²) in [7, 11) is 0. The van der Waals surface area contributed by atoms with Crippen molar-refractivity contribution < 1.29 is 0 Å². The molecule has 0 saturated heterocycles. The second-order valence-electron chi connectivity index (χ2n) is 2.00. The Morgan fingerprint density at radius 2 is 1.91 bits per heavy atom. The van der Waals surface area contributed by atoms with E-state index in [2.05, 4.69) is 23.3 Å². The van der Waals surface area contributed by atoms with Gasteiger partial charge in [-0.25, -0.2) is 0 Å². The predicted octanol–water partition coefficient (Wildman–Crippen LogP) is 2.99. The Balaban J connectivity index is 0.000000461. The van der Waals surface area contributed by atoms with Crippen LogP contribution in [0.15, 0.2) is 18.2 Å². The molecule has 1 nitrogen and oxygen atoms in total. The molecule has 0 saturated carbocycles. The van der Waals surface area contributed by atoms with Gasteiger partial charge in [0.05, 0.1) is 0 Å². The van der Waals surface area contributed by atoms with E-state index in [0.29, 0.717) is 5.02 Å². The molecule has 1 aromatic carbocycles. The van der Waals surface area contributed by atoms with Gasteiger partial charge in [0.25, 0.3) is 0 Å². The minimum Gasteiger partial charge on any atom is -0.398 e. The lowest BCUT2D eigenvalue weighted by molar-refractivity contribution is 1.47. The van der Waals surface area contributed by atoms with Crippen molar-refractivity contribution in [2.75, 3.05) is 5.73 Å². The molecule has 2 N–H and O–H groups in total. The minimum atomic E-state index is 0.693. The molecule has 0 bridgehead atoms. The van der Waals surface area contributed by atoms with Crippen molar-refractivity contribution in [1.29, 1.82) is 0 Å². The topological polar surface area (TPSA) is 26.0 Å². The van der Waals surface area contributed by atoms with E-state index in [1.165, 1.54) is 0 Å². The summed E-state index contributed by atoms with van der Waals surface area (Å²) in [6.45, 7) is 1.95. The normalized spacial score (nSPS) is 8.36. The first kappa shape index (κ1) is 11.0. The lowest BCUT2D eigenvalue weighted by atomic mass is 10.2. The molecule has 0 aliphatic carbocycles. The second kappa shape index (κ2) is 5.63. The minimum absolute atomic E-state index is 0.693. The predicted molar refractivity (Wildman–Crippen MR) is 58.6 cm³/mol. The molecule has 4 heteroatoms. The summed E-state index contributed by atoms with van der Waals surface area (Å²) < 4.78 is 0. The highest BCUT2D eigenvalue weighted by Crippen LogP contribution is 2.16. The molecule has 62 valence electrons. The number of rotatable bonds is 0. The van der Waals surface area contributed by atoms with Crippen LogP contribution in [0.2, 0.25) is 5.02 Å². The van der Waals surface area contributed by atoms with Crippen molar-refractivity contribution in [3.63, 3.8) is 0 Å². The van der Waals surface area contributed by atoms with E-state index in [9.17, 15) is 0 Å². The van der Waals surface area contributed by atoms with Gasteiger partial charge in [-0.05, 0) is 24.6 Å². The Bertz CT molecular complexity index is 228. The first-order valence-corrected chi connectivity index (χ1v) is 4.89. The third-order valence-corrected chi connectivity index (χ3v) is 1.48. The fraction of sp³-hybridized carbons (Fsp3) is 0.143. The van der Waals surface area contributed by atoms with Gasteiger partial charge in [-0.1, -0.05) is 17.7 Å².